The van der Waals surface area contributed by atoms with E-state index in [1.807, 2.05) is 12.1 Å². The summed E-state index contributed by atoms with van der Waals surface area (Å²) in [6, 6.07) is 8.93. The molecule has 4 rings (SSSR count). The van der Waals surface area contributed by atoms with Crippen molar-refractivity contribution in [3.63, 3.8) is 0 Å². The second-order valence-corrected chi connectivity index (χ2v) is 7.78. The predicted molar refractivity (Wildman–Crippen MR) is 120 cm³/mol. The first-order valence-electron chi connectivity index (χ1n) is 9.72. The third kappa shape index (κ3) is 3.74. The van der Waals surface area contributed by atoms with Crippen LogP contribution >= 0.6 is 11.6 Å². The molecule has 1 aliphatic rings. The molecule has 0 amide bonds. The third-order valence-electron chi connectivity index (χ3n) is 5.40. The van der Waals surface area contributed by atoms with Crippen LogP contribution in [0.2, 0.25) is 5.02 Å². The number of nitrogens with zero attached hydrogens (tertiary/aromatic N) is 4. The van der Waals surface area contributed by atoms with E-state index < -0.39 is 0 Å². The lowest BCUT2D eigenvalue weighted by Crippen LogP contribution is -2.25. The van der Waals surface area contributed by atoms with Crippen molar-refractivity contribution in [3.8, 4) is 11.3 Å². The Kier molecular flexibility index (Phi) is 5.65. The zero-order chi connectivity index (χ0) is 21.3. The fourth-order valence-electron chi connectivity index (χ4n) is 3.88. The topological polar surface area (TPSA) is 106 Å². The lowest BCUT2D eigenvalue weighted by molar-refractivity contribution is 0.177. The molecule has 0 aliphatic heterocycles. The van der Waals surface area contributed by atoms with Gasteiger partial charge in [-0.1, -0.05) is 23.7 Å². The van der Waals surface area contributed by atoms with Crippen LogP contribution in [-0.4, -0.2) is 39.0 Å². The Morgan fingerprint density at radius 2 is 2.10 bits per heavy atom. The summed E-state index contributed by atoms with van der Waals surface area (Å²) in [5, 5.41) is 11.0. The molecule has 1 fully saturated rings. The maximum Gasteiger partial charge on any atom is 0.261 e. The first kappa shape index (κ1) is 20.3. The van der Waals surface area contributed by atoms with Crippen molar-refractivity contribution < 1.29 is 5.11 Å². The summed E-state index contributed by atoms with van der Waals surface area (Å²) in [5.74, 6) is 0. The Morgan fingerprint density at radius 1 is 1.33 bits per heavy atom. The lowest BCUT2D eigenvalue weighted by atomic mass is 10.1. The number of aliphatic hydroxyl groups is 1. The van der Waals surface area contributed by atoms with Gasteiger partial charge in [0.2, 0.25) is 0 Å². The summed E-state index contributed by atoms with van der Waals surface area (Å²) in [6.45, 7) is 0. The molecular weight excluding hydrogens is 402 g/mol. The Labute approximate surface area is 178 Å². The van der Waals surface area contributed by atoms with Gasteiger partial charge in [0.1, 0.15) is 11.2 Å². The molecule has 0 saturated heterocycles. The van der Waals surface area contributed by atoms with E-state index in [-0.39, 0.29) is 17.7 Å². The monoisotopic (exact) mass is 423 g/mol. The van der Waals surface area contributed by atoms with Crippen LogP contribution in [0.1, 0.15) is 31.0 Å². The van der Waals surface area contributed by atoms with Crippen LogP contribution in [0, 0.1) is 0 Å². The molecule has 2 unspecified atom stereocenters. The Balaban J connectivity index is 1.97. The van der Waals surface area contributed by atoms with E-state index in [9.17, 15) is 9.90 Å². The number of aliphatic imine (C=N–C) groups is 1. The summed E-state index contributed by atoms with van der Waals surface area (Å²) < 4.78 is 1.62. The predicted octanol–water partition coefficient (Wildman–Crippen LogP) is 3.20. The number of aromatic nitrogens is 3. The number of aliphatic hydroxyl groups excluding tert-OH is 1. The van der Waals surface area contributed by atoms with Crippen LogP contribution in [0.25, 0.3) is 27.7 Å². The van der Waals surface area contributed by atoms with Crippen LogP contribution in [-0.2, 0) is 0 Å². The molecule has 2 atom stereocenters. The van der Waals surface area contributed by atoms with Gasteiger partial charge in [0, 0.05) is 41.7 Å². The smallest absolute Gasteiger partial charge is 0.261 e. The first-order valence-corrected chi connectivity index (χ1v) is 10.1. The summed E-state index contributed by atoms with van der Waals surface area (Å²) in [5.41, 5.74) is 8.61. The quantitative estimate of drug-likeness (QED) is 0.626. The van der Waals surface area contributed by atoms with Gasteiger partial charge in [-0.05, 0) is 37.5 Å². The van der Waals surface area contributed by atoms with Gasteiger partial charge in [0.15, 0.2) is 0 Å². The molecule has 2 heterocycles. The molecule has 3 N–H and O–H groups in total. The van der Waals surface area contributed by atoms with Crippen LogP contribution in [0.5, 0.6) is 0 Å². The molecule has 1 saturated carbocycles. The number of halogens is 1. The van der Waals surface area contributed by atoms with E-state index in [0.29, 0.717) is 45.7 Å². The molecule has 0 spiro atoms. The summed E-state index contributed by atoms with van der Waals surface area (Å²) in [7, 11) is 1.64. The number of nitrogens with two attached hydrogens (primary N) is 1. The van der Waals surface area contributed by atoms with Crippen molar-refractivity contribution in [2.75, 3.05) is 7.05 Å². The number of benzene rings is 1. The number of rotatable bonds is 4. The number of hydrogen-bond donors (Lipinski definition) is 2. The average molecular weight is 424 g/mol. The highest BCUT2D eigenvalue weighted by atomic mass is 35.5. The van der Waals surface area contributed by atoms with Gasteiger partial charge in [-0.25, -0.2) is 9.97 Å². The van der Waals surface area contributed by atoms with Crippen molar-refractivity contribution in [1.82, 2.24) is 14.5 Å². The molecule has 8 heteroatoms. The number of allylic oxidation sites excluding steroid dienone is 1. The van der Waals surface area contributed by atoms with Crippen molar-refractivity contribution in [1.29, 1.82) is 0 Å². The van der Waals surface area contributed by atoms with Crippen molar-refractivity contribution in [2.45, 2.75) is 31.4 Å². The maximum absolute atomic E-state index is 13.4. The highest BCUT2D eigenvalue weighted by Crippen LogP contribution is 2.30. The lowest BCUT2D eigenvalue weighted by Gasteiger charge is -2.15. The molecule has 3 aromatic rings. The molecule has 154 valence electrons. The average Bonchev–Trinajstić information content (AvgIpc) is 3.18. The third-order valence-corrected chi connectivity index (χ3v) is 5.65. The zero-order valence-electron chi connectivity index (χ0n) is 16.5. The van der Waals surface area contributed by atoms with Gasteiger partial charge in [-0.15, -0.1) is 0 Å². The SMILES string of the molecule is CN=CC(=CN)c1nc(-c2ccc(Cl)cc2)cc2c(=O)n(C3CCC(O)C3)cnc12. The molecule has 2 aromatic heterocycles. The summed E-state index contributed by atoms with van der Waals surface area (Å²) in [4.78, 5) is 26.7. The second-order valence-electron chi connectivity index (χ2n) is 7.35. The molecule has 1 aromatic carbocycles. The first-order chi connectivity index (χ1) is 14.5. The number of hydrogen-bond acceptors (Lipinski definition) is 6. The molecule has 0 radical (unpaired) electrons. The van der Waals surface area contributed by atoms with Gasteiger partial charge >= 0.3 is 0 Å². The van der Waals surface area contributed by atoms with Gasteiger partial charge in [-0.3, -0.25) is 14.4 Å². The Hall–Kier alpha value is -3.03. The minimum atomic E-state index is -0.386. The minimum absolute atomic E-state index is 0.0678. The Morgan fingerprint density at radius 3 is 2.73 bits per heavy atom. The van der Waals surface area contributed by atoms with Gasteiger partial charge in [0.05, 0.1) is 23.5 Å². The maximum atomic E-state index is 13.4. The number of pyridine rings is 1. The van der Waals surface area contributed by atoms with E-state index in [0.717, 1.165) is 12.0 Å². The van der Waals surface area contributed by atoms with Crippen LogP contribution < -0.4 is 11.3 Å². The van der Waals surface area contributed by atoms with Gasteiger partial charge in [0.25, 0.3) is 5.56 Å². The van der Waals surface area contributed by atoms with Crippen LogP contribution in [0.4, 0.5) is 0 Å². The largest absolute Gasteiger partial charge is 0.404 e. The van der Waals surface area contributed by atoms with E-state index in [1.54, 1.807) is 36.0 Å². The standard InChI is InChI=1S/C22H22ClN5O2/c1-25-11-14(10-24)20-21-18(9-19(27-20)13-2-4-15(23)5-3-13)22(30)28(12-26-21)16-6-7-17(29)8-16/h2-5,9-12,16-17,29H,6-8,24H2,1H3. The molecule has 1 aliphatic carbocycles. The van der Waals surface area contributed by atoms with E-state index in [4.69, 9.17) is 22.3 Å². The fourth-order valence-corrected chi connectivity index (χ4v) is 4.01. The van der Waals surface area contributed by atoms with E-state index >= 15 is 0 Å². The Bertz CT molecular complexity index is 1200. The molecular formula is C22H22ClN5O2. The highest BCUT2D eigenvalue weighted by molar-refractivity contribution is 6.30. The number of fused-ring (bicyclic) bond motifs is 1. The summed E-state index contributed by atoms with van der Waals surface area (Å²) >= 11 is 6.02. The van der Waals surface area contributed by atoms with Crippen LogP contribution in [0.15, 0.2) is 52.6 Å². The molecule has 0 bridgehead atoms. The van der Waals surface area contributed by atoms with Crippen molar-refractivity contribution in [2.24, 2.45) is 10.7 Å². The van der Waals surface area contributed by atoms with E-state index in [2.05, 4.69) is 9.98 Å². The van der Waals surface area contributed by atoms with Gasteiger partial charge in [-0.2, -0.15) is 0 Å². The molecule has 7 nitrogen and oxygen atoms in total. The van der Waals surface area contributed by atoms with E-state index in [1.165, 1.54) is 12.5 Å². The highest BCUT2D eigenvalue weighted by Gasteiger charge is 2.26. The zero-order valence-corrected chi connectivity index (χ0v) is 17.3. The minimum Gasteiger partial charge on any atom is -0.404 e. The van der Waals surface area contributed by atoms with Gasteiger partial charge < -0.3 is 10.8 Å². The van der Waals surface area contributed by atoms with Crippen molar-refractivity contribution >= 4 is 34.3 Å². The van der Waals surface area contributed by atoms with Crippen molar-refractivity contribution in [3.05, 3.63) is 63.9 Å². The molecule has 30 heavy (non-hydrogen) atoms. The summed E-state index contributed by atoms with van der Waals surface area (Å²) in [6.07, 6.45) is 6.12. The van der Waals surface area contributed by atoms with Crippen LogP contribution in [0.3, 0.4) is 0 Å². The normalized spacial score (nSPS) is 19.8. The second kappa shape index (κ2) is 8.38. The fraction of sp³-hybridized carbons (Fsp3) is 0.273.